The maximum absolute atomic E-state index is 10.4. The third kappa shape index (κ3) is 3.92. The fourth-order valence-electron chi connectivity index (χ4n) is 0.803. The van der Waals surface area contributed by atoms with Crippen LogP contribution < -0.4 is 5.73 Å². The van der Waals surface area contributed by atoms with Gasteiger partial charge < -0.3 is 10.8 Å². The van der Waals surface area contributed by atoms with Crippen LogP contribution in [0.15, 0.2) is 30.3 Å². The molecule has 0 radical (unpaired) electrons. The molecule has 13 heavy (non-hydrogen) atoms. The Morgan fingerprint density at radius 3 is 2.23 bits per heavy atom. The zero-order valence-corrected chi connectivity index (χ0v) is 8.03. The van der Waals surface area contributed by atoms with Gasteiger partial charge in [-0.05, 0) is 5.56 Å². The molecule has 3 nitrogen and oxygen atoms in total. The number of hydrogen-bond donors (Lipinski definition) is 2. The summed E-state index contributed by atoms with van der Waals surface area (Å²) in [4.78, 5) is 10.4. The van der Waals surface area contributed by atoms with Crippen molar-refractivity contribution in [3.8, 4) is 0 Å². The Morgan fingerprint density at radius 2 is 1.85 bits per heavy atom. The number of carboxylic acid groups (broad SMARTS) is 1. The second-order valence-electron chi connectivity index (χ2n) is 2.23. The highest BCUT2D eigenvalue weighted by Crippen LogP contribution is 2.08. The van der Waals surface area contributed by atoms with Crippen LogP contribution in [0.4, 0.5) is 0 Å². The molecule has 1 aromatic rings. The summed E-state index contributed by atoms with van der Waals surface area (Å²) in [5.41, 5.74) is 5.96. The lowest BCUT2D eigenvalue weighted by molar-refractivity contribution is -0.138. The number of benzene rings is 1. The van der Waals surface area contributed by atoms with Crippen molar-refractivity contribution in [1.29, 1.82) is 0 Å². The van der Waals surface area contributed by atoms with Crippen LogP contribution in [-0.4, -0.2) is 17.5 Å². The second-order valence-corrected chi connectivity index (χ2v) is 2.23. The lowest BCUT2D eigenvalue weighted by atomic mass is 10.1. The predicted molar refractivity (Wildman–Crippen MR) is 52.8 cm³/mol. The third-order valence-corrected chi connectivity index (χ3v) is 1.42. The van der Waals surface area contributed by atoms with Gasteiger partial charge in [-0.1, -0.05) is 30.3 Å². The fraction of sp³-hybridized carbons (Fsp3) is 0.222. The van der Waals surface area contributed by atoms with Gasteiger partial charge in [0.1, 0.15) is 6.04 Å². The molecule has 0 aromatic heterocycles. The van der Waals surface area contributed by atoms with Gasteiger partial charge in [0.05, 0.1) is 0 Å². The average Bonchev–Trinajstić information content (AvgIpc) is 2.21. The highest BCUT2D eigenvalue weighted by atomic mass is 35.5. The van der Waals surface area contributed by atoms with Gasteiger partial charge in [0.15, 0.2) is 0 Å². The van der Waals surface area contributed by atoms with Gasteiger partial charge in [-0.25, -0.2) is 0 Å². The van der Waals surface area contributed by atoms with Crippen LogP contribution in [0.5, 0.6) is 0 Å². The van der Waals surface area contributed by atoms with Crippen molar-refractivity contribution < 1.29 is 9.90 Å². The van der Waals surface area contributed by atoms with Gasteiger partial charge in [-0.15, -0.1) is 11.6 Å². The van der Waals surface area contributed by atoms with E-state index in [0.29, 0.717) is 5.56 Å². The van der Waals surface area contributed by atoms with Crippen molar-refractivity contribution in [2.24, 2.45) is 5.73 Å². The van der Waals surface area contributed by atoms with Gasteiger partial charge in [-0.2, -0.15) is 0 Å². The van der Waals surface area contributed by atoms with Crippen molar-refractivity contribution in [2.45, 2.75) is 6.04 Å². The Labute approximate surface area is 82.1 Å². The first-order valence-corrected chi connectivity index (χ1v) is 4.38. The molecular formula is C9H12ClNO2. The van der Waals surface area contributed by atoms with E-state index in [9.17, 15) is 4.79 Å². The zero-order valence-electron chi connectivity index (χ0n) is 7.27. The topological polar surface area (TPSA) is 63.3 Å². The molecule has 0 unspecified atom stereocenters. The van der Waals surface area contributed by atoms with Crippen molar-refractivity contribution in [2.75, 3.05) is 6.38 Å². The second kappa shape index (κ2) is 6.46. The number of aliphatic carboxylic acids is 1. The van der Waals surface area contributed by atoms with E-state index in [4.69, 9.17) is 10.8 Å². The molecule has 72 valence electrons. The summed E-state index contributed by atoms with van der Waals surface area (Å²) < 4.78 is 0. The largest absolute Gasteiger partial charge is 0.480 e. The standard InChI is InChI=1S/C8H9NO2.CH3Cl/c9-7(8(10)11)6-4-2-1-3-5-6;1-2/h1-5,7H,9H2,(H,10,11);1H3/t7-;/m0./s1. The Hall–Kier alpha value is -1.06. The van der Waals surface area contributed by atoms with E-state index >= 15 is 0 Å². The molecule has 4 heteroatoms. The van der Waals surface area contributed by atoms with Crippen molar-refractivity contribution >= 4 is 17.6 Å². The van der Waals surface area contributed by atoms with E-state index in [0.717, 1.165) is 0 Å². The summed E-state index contributed by atoms with van der Waals surface area (Å²) in [6.07, 6.45) is 1.47. The molecule has 0 heterocycles. The molecule has 1 aromatic carbocycles. The Bertz CT molecular complexity index is 251. The van der Waals surface area contributed by atoms with Crippen molar-refractivity contribution in [1.82, 2.24) is 0 Å². The first-order valence-electron chi connectivity index (χ1n) is 3.63. The summed E-state index contributed by atoms with van der Waals surface area (Å²) in [7, 11) is 0. The minimum atomic E-state index is -1.00. The third-order valence-electron chi connectivity index (χ3n) is 1.42. The van der Waals surface area contributed by atoms with Crippen molar-refractivity contribution in [3.63, 3.8) is 0 Å². The fourth-order valence-corrected chi connectivity index (χ4v) is 0.803. The summed E-state index contributed by atoms with van der Waals surface area (Å²) in [6, 6.07) is 7.82. The van der Waals surface area contributed by atoms with Gasteiger partial charge in [0.25, 0.3) is 0 Å². The predicted octanol–water partition coefficient (Wildman–Crippen LogP) is 1.63. The van der Waals surface area contributed by atoms with E-state index in [2.05, 4.69) is 11.6 Å². The smallest absolute Gasteiger partial charge is 0.325 e. The van der Waals surface area contributed by atoms with Crippen LogP contribution >= 0.6 is 11.6 Å². The molecule has 1 atom stereocenters. The SMILES string of the molecule is CCl.N[C@H](C(=O)O)c1ccccc1. The van der Waals surface area contributed by atoms with Crippen LogP contribution in [0.3, 0.4) is 0 Å². The number of halogens is 1. The molecular weight excluding hydrogens is 190 g/mol. The van der Waals surface area contributed by atoms with Gasteiger partial charge in [-0.3, -0.25) is 4.79 Å². The molecule has 0 bridgehead atoms. The minimum Gasteiger partial charge on any atom is -0.480 e. The van der Waals surface area contributed by atoms with Crippen LogP contribution in [-0.2, 0) is 4.79 Å². The molecule has 0 aliphatic rings. The molecule has 0 fully saturated rings. The number of carbonyl (C=O) groups is 1. The number of alkyl halides is 1. The van der Waals surface area contributed by atoms with Crippen LogP contribution in [0, 0.1) is 0 Å². The number of hydrogen-bond acceptors (Lipinski definition) is 2. The summed E-state index contributed by atoms with van der Waals surface area (Å²) in [6.45, 7) is 0. The number of carboxylic acids is 1. The monoisotopic (exact) mass is 201 g/mol. The summed E-state index contributed by atoms with van der Waals surface area (Å²) in [5, 5.41) is 8.51. The molecule has 1 rings (SSSR count). The molecule has 0 amide bonds. The van der Waals surface area contributed by atoms with Gasteiger partial charge in [0.2, 0.25) is 0 Å². The Balaban J connectivity index is 0.000000671. The normalized spacial score (nSPS) is 11.0. The highest BCUT2D eigenvalue weighted by molar-refractivity contribution is 6.15. The van der Waals surface area contributed by atoms with Crippen LogP contribution in [0.25, 0.3) is 0 Å². The average molecular weight is 202 g/mol. The highest BCUT2D eigenvalue weighted by Gasteiger charge is 2.12. The van der Waals surface area contributed by atoms with E-state index in [1.807, 2.05) is 6.07 Å². The quantitative estimate of drug-likeness (QED) is 0.715. The Kier molecular flexibility index (Phi) is 5.93. The minimum absolute atomic E-state index is 0.625. The van der Waals surface area contributed by atoms with E-state index in [1.54, 1.807) is 24.3 Å². The molecule has 0 saturated carbocycles. The lowest BCUT2D eigenvalue weighted by Crippen LogP contribution is -2.20. The Morgan fingerprint density at radius 1 is 1.38 bits per heavy atom. The molecule has 0 aliphatic carbocycles. The zero-order chi connectivity index (χ0) is 10.3. The first-order chi connectivity index (χ1) is 6.22. The summed E-state index contributed by atoms with van der Waals surface area (Å²) in [5.74, 6) is -1.00. The summed E-state index contributed by atoms with van der Waals surface area (Å²) >= 11 is 4.64. The van der Waals surface area contributed by atoms with Gasteiger partial charge >= 0.3 is 5.97 Å². The van der Waals surface area contributed by atoms with Crippen molar-refractivity contribution in [3.05, 3.63) is 35.9 Å². The number of rotatable bonds is 2. The molecule has 3 N–H and O–H groups in total. The van der Waals surface area contributed by atoms with E-state index in [1.165, 1.54) is 6.38 Å². The maximum atomic E-state index is 10.4. The molecule has 0 saturated heterocycles. The van der Waals surface area contributed by atoms with Crippen LogP contribution in [0.1, 0.15) is 11.6 Å². The van der Waals surface area contributed by atoms with E-state index < -0.39 is 12.0 Å². The number of nitrogens with two attached hydrogens (primary N) is 1. The lowest BCUT2D eigenvalue weighted by Gasteiger charge is -2.04. The molecule has 0 spiro atoms. The van der Waals surface area contributed by atoms with Crippen LogP contribution in [0.2, 0.25) is 0 Å². The van der Waals surface area contributed by atoms with E-state index in [-0.39, 0.29) is 0 Å². The first kappa shape index (κ1) is 11.9. The van der Waals surface area contributed by atoms with Gasteiger partial charge in [0, 0.05) is 6.38 Å². The maximum Gasteiger partial charge on any atom is 0.325 e. The molecule has 0 aliphatic heterocycles.